The van der Waals surface area contributed by atoms with Crippen LogP contribution in [0.1, 0.15) is 70.1 Å². The molecule has 0 aromatic carbocycles. The highest BCUT2D eigenvalue weighted by Gasteiger charge is 2.57. The summed E-state index contributed by atoms with van der Waals surface area (Å²) >= 11 is 1.13. The van der Waals surface area contributed by atoms with Crippen LogP contribution in [0.2, 0.25) is 0 Å². The first kappa shape index (κ1) is 21.0. The van der Waals surface area contributed by atoms with Crippen LogP contribution in [0.15, 0.2) is 34.0 Å². The van der Waals surface area contributed by atoms with Crippen LogP contribution >= 0.6 is 11.3 Å². The largest absolute Gasteiger partial charge is 0.393 e. The second kappa shape index (κ2) is 7.62. The summed E-state index contributed by atoms with van der Waals surface area (Å²) in [6.45, 7) is 4.84. The number of nitro groups is 1. The minimum Gasteiger partial charge on any atom is -0.393 e. The van der Waals surface area contributed by atoms with E-state index < -0.39 is 0 Å². The van der Waals surface area contributed by atoms with Gasteiger partial charge in [-0.1, -0.05) is 36.8 Å². The molecule has 1 N–H and O–H groups in total. The summed E-state index contributed by atoms with van der Waals surface area (Å²) in [6, 6.07) is 3.24. The van der Waals surface area contributed by atoms with Gasteiger partial charge in [0.1, 0.15) is 0 Å². The molecular formula is C24H31N3O3S. The Hall–Kier alpha value is -1.86. The van der Waals surface area contributed by atoms with Crippen LogP contribution in [0.25, 0.3) is 0 Å². The molecule has 0 bridgehead atoms. The molecule has 4 aliphatic rings. The number of thiophene rings is 1. The monoisotopic (exact) mass is 441 g/mol. The van der Waals surface area contributed by atoms with Crippen molar-refractivity contribution in [3.8, 4) is 0 Å². The van der Waals surface area contributed by atoms with E-state index in [-0.39, 0.29) is 26.9 Å². The molecule has 4 aliphatic carbocycles. The Morgan fingerprint density at radius 1 is 1.19 bits per heavy atom. The second-order valence-corrected chi connectivity index (χ2v) is 11.5. The highest BCUT2D eigenvalue weighted by Crippen LogP contribution is 2.64. The lowest BCUT2D eigenvalue weighted by Gasteiger charge is -2.57. The van der Waals surface area contributed by atoms with Gasteiger partial charge >= 0.3 is 5.00 Å². The van der Waals surface area contributed by atoms with E-state index >= 15 is 0 Å². The van der Waals surface area contributed by atoms with Crippen molar-refractivity contribution in [3.63, 3.8) is 0 Å². The number of rotatable bonds is 3. The predicted octanol–water partition coefficient (Wildman–Crippen LogP) is 5.75. The quantitative estimate of drug-likeness (QED) is 0.280. The Morgan fingerprint density at radius 3 is 2.74 bits per heavy atom. The highest BCUT2D eigenvalue weighted by atomic mass is 32.1. The predicted molar refractivity (Wildman–Crippen MR) is 124 cm³/mol. The summed E-state index contributed by atoms with van der Waals surface area (Å²) < 4.78 is 0. The van der Waals surface area contributed by atoms with Gasteiger partial charge in [0.05, 0.1) is 22.1 Å². The molecule has 0 amide bonds. The van der Waals surface area contributed by atoms with Gasteiger partial charge in [-0.2, -0.15) is 10.2 Å². The summed E-state index contributed by atoms with van der Waals surface area (Å²) in [4.78, 5) is 11.3. The molecule has 1 heterocycles. The smallest absolute Gasteiger partial charge is 0.324 e. The van der Waals surface area contributed by atoms with Crippen LogP contribution in [0.4, 0.5) is 5.00 Å². The maximum Gasteiger partial charge on any atom is 0.324 e. The summed E-state index contributed by atoms with van der Waals surface area (Å²) in [6.07, 6.45) is 12.6. The van der Waals surface area contributed by atoms with Gasteiger partial charge in [-0.15, -0.1) is 0 Å². The molecule has 0 saturated heterocycles. The molecule has 3 saturated carbocycles. The van der Waals surface area contributed by atoms with Crippen molar-refractivity contribution < 1.29 is 10.0 Å². The maximum absolute atomic E-state index is 10.9. The van der Waals surface area contributed by atoms with E-state index in [1.165, 1.54) is 30.2 Å². The van der Waals surface area contributed by atoms with Crippen molar-refractivity contribution in [1.82, 2.24) is 0 Å². The van der Waals surface area contributed by atoms with E-state index in [0.29, 0.717) is 17.8 Å². The molecule has 1 aromatic rings. The van der Waals surface area contributed by atoms with Crippen molar-refractivity contribution in [2.45, 2.75) is 71.3 Å². The fourth-order valence-corrected chi connectivity index (χ4v) is 7.95. The molecule has 7 heteroatoms. The molecule has 3 fully saturated rings. The van der Waals surface area contributed by atoms with Crippen molar-refractivity contribution in [2.24, 2.45) is 38.8 Å². The zero-order chi connectivity index (χ0) is 21.8. The van der Waals surface area contributed by atoms with Crippen molar-refractivity contribution >= 4 is 28.3 Å². The Labute approximate surface area is 187 Å². The number of fused-ring (bicyclic) bond motifs is 5. The molecule has 0 radical (unpaired) electrons. The molecule has 6 atom stereocenters. The van der Waals surface area contributed by atoms with E-state index in [1.54, 1.807) is 12.3 Å². The normalized spacial score (nSPS) is 41.0. The fraction of sp³-hybridized carbons (Fsp3) is 0.667. The average Bonchev–Trinajstić information content (AvgIpc) is 3.33. The number of nitrogens with zero attached hydrogens (tertiary/aromatic N) is 3. The first-order valence-electron chi connectivity index (χ1n) is 11.5. The lowest BCUT2D eigenvalue weighted by molar-refractivity contribution is -0.380. The topological polar surface area (TPSA) is 88.1 Å². The number of aliphatic hydroxyl groups is 1. The van der Waals surface area contributed by atoms with Crippen LogP contribution in [-0.4, -0.2) is 28.1 Å². The number of allylic oxidation sites excluding steroid dienone is 1. The number of hydrogen-bond acceptors (Lipinski definition) is 6. The average molecular weight is 442 g/mol. The lowest BCUT2D eigenvalue weighted by Crippen LogP contribution is -2.50. The van der Waals surface area contributed by atoms with E-state index in [4.69, 9.17) is 0 Å². The summed E-state index contributed by atoms with van der Waals surface area (Å²) in [5.74, 6) is 2.05. The summed E-state index contributed by atoms with van der Waals surface area (Å²) in [7, 11) is 0. The Kier molecular flexibility index (Phi) is 5.17. The van der Waals surface area contributed by atoms with E-state index in [0.717, 1.165) is 54.7 Å². The molecule has 1 aromatic heterocycles. The van der Waals surface area contributed by atoms with Gasteiger partial charge in [0.15, 0.2) is 0 Å². The zero-order valence-electron chi connectivity index (χ0n) is 18.3. The van der Waals surface area contributed by atoms with Gasteiger partial charge in [-0.05, 0) is 80.6 Å². The molecule has 0 spiro atoms. The van der Waals surface area contributed by atoms with E-state index in [2.05, 4.69) is 30.1 Å². The lowest BCUT2D eigenvalue weighted by atomic mass is 9.48. The van der Waals surface area contributed by atoms with Crippen LogP contribution in [0.3, 0.4) is 0 Å². The second-order valence-electron chi connectivity index (χ2n) is 10.4. The molecular weight excluding hydrogens is 410 g/mol. The fourth-order valence-electron chi connectivity index (χ4n) is 7.26. The maximum atomic E-state index is 10.9. The van der Waals surface area contributed by atoms with Gasteiger partial charge in [-0.25, -0.2) is 0 Å². The minimum absolute atomic E-state index is 0.107. The third kappa shape index (κ3) is 3.41. The third-order valence-corrected chi connectivity index (χ3v) is 9.95. The first-order valence-corrected chi connectivity index (χ1v) is 12.3. The Bertz CT molecular complexity index is 982. The Morgan fingerprint density at radius 2 is 1.97 bits per heavy atom. The molecule has 0 aliphatic heterocycles. The zero-order valence-corrected chi connectivity index (χ0v) is 19.1. The van der Waals surface area contributed by atoms with Gasteiger partial charge < -0.3 is 5.11 Å². The number of hydrogen-bond donors (Lipinski definition) is 1. The summed E-state index contributed by atoms with van der Waals surface area (Å²) in [5.41, 5.74) is 3.08. The standard InChI is InChI=1S/C24H31N3O3S/c1-23-11-9-16(28)13-15(23)3-5-18-19-6-7-21(24(19,2)12-10-20(18)23)26-25-14-17-4-8-22(31-17)27(29)30/h3-4,8,14,16,18-20,28H,5-7,9-13H2,1-2H3/b25-14-,26-21-/t16-,18+,19+,20+,23+,24+/m1/s1. The highest BCUT2D eigenvalue weighted by molar-refractivity contribution is 7.16. The van der Waals surface area contributed by atoms with Crippen LogP contribution in [0, 0.1) is 38.7 Å². The van der Waals surface area contributed by atoms with Crippen LogP contribution in [-0.2, 0) is 0 Å². The number of aliphatic hydroxyl groups excluding tert-OH is 1. The molecule has 0 unspecified atom stereocenters. The van der Waals surface area contributed by atoms with Gasteiger partial charge in [-0.3, -0.25) is 10.1 Å². The first-order chi connectivity index (χ1) is 14.8. The van der Waals surface area contributed by atoms with Crippen LogP contribution < -0.4 is 0 Å². The van der Waals surface area contributed by atoms with Gasteiger partial charge in [0.25, 0.3) is 0 Å². The van der Waals surface area contributed by atoms with Gasteiger partial charge in [0.2, 0.25) is 0 Å². The van der Waals surface area contributed by atoms with E-state index in [1.807, 2.05) is 0 Å². The molecule has 166 valence electrons. The molecule has 5 rings (SSSR count). The van der Waals surface area contributed by atoms with Crippen LogP contribution in [0.5, 0.6) is 0 Å². The van der Waals surface area contributed by atoms with Crippen molar-refractivity contribution in [2.75, 3.05) is 0 Å². The minimum atomic E-state index is -0.369. The van der Waals surface area contributed by atoms with Crippen molar-refractivity contribution in [1.29, 1.82) is 0 Å². The SMILES string of the molecule is C[C@]12CC[C@@H](O)CC1=CC[C@@H]1[C@@H]2CC[C@]2(C)/C(=N\N=C/c3ccc([N+](=O)[O-])s3)CC[C@@H]12. The van der Waals surface area contributed by atoms with Gasteiger partial charge in [0, 0.05) is 17.2 Å². The Balaban J connectivity index is 1.35. The molecule has 31 heavy (non-hydrogen) atoms. The van der Waals surface area contributed by atoms with Crippen molar-refractivity contribution in [3.05, 3.63) is 38.8 Å². The van der Waals surface area contributed by atoms with E-state index in [9.17, 15) is 15.2 Å². The molecule has 6 nitrogen and oxygen atoms in total. The third-order valence-electron chi connectivity index (χ3n) is 8.97. The summed E-state index contributed by atoms with van der Waals surface area (Å²) in [5, 5.41) is 30.2.